The van der Waals surface area contributed by atoms with E-state index in [2.05, 4.69) is 24.1 Å². The van der Waals surface area contributed by atoms with Crippen LogP contribution >= 0.6 is 0 Å². The molecule has 2 nitrogen and oxygen atoms in total. The normalized spacial score (nSPS) is 25.6. The molecule has 0 saturated heterocycles. The molecular formula is C17H19NO. The van der Waals surface area contributed by atoms with Crippen LogP contribution in [-0.2, 0) is 6.42 Å². The fourth-order valence-electron chi connectivity index (χ4n) is 2.97. The third-order valence-corrected chi connectivity index (χ3v) is 4.00. The van der Waals surface area contributed by atoms with Crippen molar-refractivity contribution in [3.8, 4) is 5.75 Å². The Morgan fingerprint density at radius 2 is 2.21 bits per heavy atom. The fourth-order valence-corrected chi connectivity index (χ4v) is 2.97. The van der Waals surface area contributed by atoms with Crippen LogP contribution in [0.5, 0.6) is 5.75 Å². The molecule has 0 amide bonds. The summed E-state index contributed by atoms with van der Waals surface area (Å²) in [6, 6.07) is 5.64. The zero-order valence-corrected chi connectivity index (χ0v) is 11.2. The summed E-state index contributed by atoms with van der Waals surface area (Å²) in [5.41, 5.74) is 3.64. The summed E-state index contributed by atoms with van der Waals surface area (Å²) in [5.74, 6) is 1.46. The van der Waals surface area contributed by atoms with Crippen molar-refractivity contribution in [1.82, 2.24) is 0 Å². The van der Waals surface area contributed by atoms with Gasteiger partial charge in [-0.15, -0.1) is 0 Å². The molecule has 1 aromatic carbocycles. The Bertz CT molecular complexity index is 569. The van der Waals surface area contributed by atoms with Crippen LogP contribution in [0.3, 0.4) is 0 Å². The zero-order valence-electron chi connectivity index (χ0n) is 11.2. The van der Waals surface area contributed by atoms with Gasteiger partial charge >= 0.3 is 0 Å². The second kappa shape index (κ2) is 5.04. The number of allylic oxidation sites excluding steroid dienone is 3. The molecule has 2 atom stereocenters. The minimum absolute atomic E-state index is 0.333. The Hall–Kier alpha value is -1.83. The lowest BCUT2D eigenvalue weighted by Crippen LogP contribution is -2.11. The average molecular weight is 253 g/mol. The van der Waals surface area contributed by atoms with Crippen molar-refractivity contribution in [2.45, 2.75) is 26.2 Å². The van der Waals surface area contributed by atoms with Crippen LogP contribution in [0.2, 0.25) is 0 Å². The van der Waals surface area contributed by atoms with E-state index in [4.69, 9.17) is 0 Å². The molecule has 2 unspecified atom stereocenters. The first kappa shape index (κ1) is 12.2. The predicted octanol–water partition coefficient (Wildman–Crippen LogP) is 3.96. The minimum atomic E-state index is 0.333. The molecule has 1 aromatic rings. The van der Waals surface area contributed by atoms with E-state index >= 15 is 0 Å². The summed E-state index contributed by atoms with van der Waals surface area (Å²) in [7, 11) is 0. The molecule has 2 aliphatic rings. The second-order valence-corrected chi connectivity index (χ2v) is 5.57. The smallest absolute Gasteiger partial charge is 0.116 e. The first-order valence-electron chi connectivity index (χ1n) is 6.94. The SMILES string of the molecule is CC1CC=CC(C2=CN=CCc3ccc(O)cc32)C1. The van der Waals surface area contributed by atoms with E-state index in [1.165, 1.54) is 17.6 Å². The largest absolute Gasteiger partial charge is 0.508 e. The Kier molecular flexibility index (Phi) is 3.24. The highest BCUT2D eigenvalue weighted by atomic mass is 16.3. The first-order chi connectivity index (χ1) is 9.24. The molecular weight excluding hydrogens is 234 g/mol. The van der Waals surface area contributed by atoms with Gasteiger partial charge in [0.15, 0.2) is 0 Å². The molecule has 2 heteroatoms. The number of nitrogens with zero attached hydrogens (tertiary/aromatic N) is 1. The van der Waals surface area contributed by atoms with Gasteiger partial charge < -0.3 is 5.11 Å². The van der Waals surface area contributed by atoms with Crippen molar-refractivity contribution in [1.29, 1.82) is 0 Å². The van der Waals surface area contributed by atoms with Gasteiger partial charge in [0.2, 0.25) is 0 Å². The van der Waals surface area contributed by atoms with Gasteiger partial charge in [0.05, 0.1) is 0 Å². The highest BCUT2D eigenvalue weighted by Gasteiger charge is 2.22. The predicted molar refractivity (Wildman–Crippen MR) is 79.3 cm³/mol. The van der Waals surface area contributed by atoms with Crippen LogP contribution in [-0.4, -0.2) is 11.3 Å². The van der Waals surface area contributed by atoms with E-state index in [0.717, 1.165) is 18.4 Å². The van der Waals surface area contributed by atoms with Crippen LogP contribution in [0, 0.1) is 11.8 Å². The van der Waals surface area contributed by atoms with Gasteiger partial charge in [0.25, 0.3) is 0 Å². The Labute approximate surface area is 114 Å². The monoisotopic (exact) mass is 253 g/mol. The number of phenolic OH excluding ortho intramolecular Hbond substituents is 1. The molecule has 0 fully saturated rings. The highest BCUT2D eigenvalue weighted by Crippen LogP contribution is 2.37. The van der Waals surface area contributed by atoms with Gasteiger partial charge in [-0.1, -0.05) is 25.1 Å². The molecule has 0 bridgehead atoms. The maximum absolute atomic E-state index is 9.76. The Morgan fingerprint density at radius 3 is 3.05 bits per heavy atom. The molecule has 0 aromatic heterocycles. The zero-order chi connectivity index (χ0) is 13.2. The van der Waals surface area contributed by atoms with Crippen LogP contribution in [0.25, 0.3) is 5.57 Å². The van der Waals surface area contributed by atoms with Crippen LogP contribution in [0.4, 0.5) is 0 Å². The summed E-state index contributed by atoms with van der Waals surface area (Å²) in [5, 5.41) is 9.76. The van der Waals surface area contributed by atoms with E-state index in [0.29, 0.717) is 17.6 Å². The molecule has 19 heavy (non-hydrogen) atoms. The van der Waals surface area contributed by atoms with Gasteiger partial charge in [-0.2, -0.15) is 0 Å². The topological polar surface area (TPSA) is 32.6 Å². The number of hydrogen-bond donors (Lipinski definition) is 1. The lowest BCUT2D eigenvalue weighted by atomic mass is 9.80. The van der Waals surface area contributed by atoms with Crippen molar-refractivity contribution in [3.05, 3.63) is 47.7 Å². The quantitative estimate of drug-likeness (QED) is 0.755. The number of hydrogen-bond acceptors (Lipinski definition) is 2. The van der Waals surface area contributed by atoms with Gasteiger partial charge in [-0.05, 0) is 47.6 Å². The molecule has 98 valence electrons. The fraction of sp³-hybridized carbons (Fsp3) is 0.353. The molecule has 1 aliphatic heterocycles. The van der Waals surface area contributed by atoms with E-state index in [1.54, 1.807) is 6.07 Å². The standard InChI is InChI=1S/C17H19NO/c1-12-3-2-4-14(9-12)17-11-18-8-7-13-5-6-15(19)10-16(13)17/h2,4-6,8,10-12,14,19H,3,7,9H2,1H3. The van der Waals surface area contributed by atoms with E-state index < -0.39 is 0 Å². The number of aliphatic imine (C=N–C) groups is 1. The molecule has 1 N–H and O–H groups in total. The lowest BCUT2D eigenvalue weighted by molar-refractivity contribution is 0.473. The van der Waals surface area contributed by atoms with Gasteiger partial charge in [0, 0.05) is 24.8 Å². The van der Waals surface area contributed by atoms with Crippen LogP contribution < -0.4 is 0 Å². The van der Waals surface area contributed by atoms with Gasteiger partial charge in [0.1, 0.15) is 5.75 Å². The summed E-state index contributed by atoms with van der Waals surface area (Å²) in [6.07, 6.45) is 11.6. The van der Waals surface area contributed by atoms with E-state index in [9.17, 15) is 5.11 Å². The molecule has 0 spiro atoms. The first-order valence-corrected chi connectivity index (χ1v) is 6.94. The molecule has 1 aliphatic carbocycles. The van der Waals surface area contributed by atoms with Crippen molar-refractivity contribution in [3.63, 3.8) is 0 Å². The third kappa shape index (κ3) is 2.48. The number of fused-ring (bicyclic) bond motifs is 1. The van der Waals surface area contributed by atoms with Crippen molar-refractivity contribution >= 4 is 11.8 Å². The van der Waals surface area contributed by atoms with Gasteiger partial charge in [-0.25, -0.2) is 0 Å². The van der Waals surface area contributed by atoms with Gasteiger partial charge in [-0.3, -0.25) is 4.99 Å². The van der Waals surface area contributed by atoms with E-state index in [1.807, 2.05) is 24.5 Å². The van der Waals surface area contributed by atoms with E-state index in [-0.39, 0.29) is 0 Å². The van der Waals surface area contributed by atoms with Crippen molar-refractivity contribution < 1.29 is 5.11 Å². The third-order valence-electron chi connectivity index (χ3n) is 4.00. The maximum atomic E-state index is 9.76. The van der Waals surface area contributed by atoms with Crippen LogP contribution in [0.1, 0.15) is 30.9 Å². The number of aromatic hydroxyl groups is 1. The molecule has 3 rings (SSSR count). The highest BCUT2D eigenvalue weighted by molar-refractivity contribution is 5.78. The van der Waals surface area contributed by atoms with Crippen molar-refractivity contribution in [2.24, 2.45) is 16.8 Å². The molecule has 0 radical (unpaired) electrons. The molecule has 0 saturated carbocycles. The Morgan fingerprint density at radius 1 is 1.32 bits per heavy atom. The summed E-state index contributed by atoms with van der Waals surface area (Å²) < 4.78 is 0. The second-order valence-electron chi connectivity index (χ2n) is 5.57. The van der Waals surface area contributed by atoms with Crippen molar-refractivity contribution in [2.75, 3.05) is 0 Å². The Balaban J connectivity index is 2.04. The van der Waals surface area contributed by atoms with Crippen LogP contribution in [0.15, 0.2) is 41.5 Å². The average Bonchev–Trinajstić information content (AvgIpc) is 2.60. The molecule has 1 heterocycles. The summed E-state index contributed by atoms with van der Waals surface area (Å²) >= 11 is 0. The summed E-state index contributed by atoms with van der Waals surface area (Å²) in [4.78, 5) is 4.39. The number of benzene rings is 1. The lowest BCUT2D eigenvalue weighted by Gasteiger charge is -2.25. The number of phenols is 1. The number of rotatable bonds is 1. The maximum Gasteiger partial charge on any atom is 0.116 e. The summed E-state index contributed by atoms with van der Waals surface area (Å²) in [6.45, 7) is 2.29. The minimum Gasteiger partial charge on any atom is -0.508 e.